The molecular formula is C33H31N3O6S. The van der Waals surface area contributed by atoms with Gasteiger partial charge in [0.25, 0.3) is 0 Å². The molecule has 0 radical (unpaired) electrons. The predicted molar refractivity (Wildman–Crippen MR) is 166 cm³/mol. The van der Waals surface area contributed by atoms with Crippen LogP contribution in [0.4, 0.5) is 5.00 Å². The van der Waals surface area contributed by atoms with E-state index in [4.69, 9.17) is 9.47 Å². The topological polar surface area (TPSA) is 123 Å². The van der Waals surface area contributed by atoms with Crippen LogP contribution in [0.2, 0.25) is 0 Å². The van der Waals surface area contributed by atoms with Gasteiger partial charge in [-0.2, -0.15) is 5.10 Å². The Balaban J connectivity index is 1.34. The number of rotatable bonds is 7. The van der Waals surface area contributed by atoms with E-state index >= 15 is 0 Å². The molecule has 2 amide bonds. The molecule has 0 bridgehead atoms. The first-order valence-electron chi connectivity index (χ1n) is 14.0. The zero-order valence-corrected chi connectivity index (χ0v) is 24.9. The molecule has 0 saturated heterocycles. The second kappa shape index (κ2) is 13.0. The number of hydrogen-bond acceptors (Lipinski definition) is 8. The molecule has 0 aliphatic heterocycles. The highest BCUT2D eigenvalue weighted by Gasteiger charge is 2.30. The first kappa shape index (κ1) is 29.7. The van der Waals surface area contributed by atoms with Gasteiger partial charge in [0, 0.05) is 10.4 Å². The second-order valence-corrected chi connectivity index (χ2v) is 11.5. The van der Waals surface area contributed by atoms with E-state index in [0.717, 1.165) is 39.6 Å². The Morgan fingerprint density at radius 2 is 1.77 bits per heavy atom. The SMILES string of the molecule is CCOC(=O)c1c(NC(=O)C(=O)N/N=C\c2c(OC(=O)c3ccc(C)cc3)ccc3ccccc23)sc2c1CC[C@H](C)C2. The molecule has 1 heterocycles. The summed E-state index contributed by atoms with van der Waals surface area (Å²) in [6.45, 7) is 5.97. The minimum absolute atomic E-state index is 0.193. The van der Waals surface area contributed by atoms with E-state index in [1.54, 1.807) is 25.1 Å². The third-order valence-electron chi connectivity index (χ3n) is 7.20. The number of nitrogens with one attached hydrogen (secondary N) is 2. The highest BCUT2D eigenvalue weighted by molar-refractivity contribution is 7.17. The number of carbonyl (C=O) groups is 4. The Labute approximate surface area is 252 Å². The molecule has 0 saturated carbocycles. The fourth-order valence-corrected chi connectivity index (χ4v) is 6.36. The van der Waals surface area contributed by atoms with Crippen LogP contribution in [0.15, 0.2) is 65.8 Å². The maximum atomic E-state index is 12.9. The minimum atomic E-state index is -1.02. The maximum Gasteiger partial charge on any atom is 0.343 e. The molecule has 3 aromatic carbocycles. The summed E-state index contributed by atoms with van der Waals surface area (Å²) in [4.78, 5) is 52.2. The van der Waals surface area contributed by atoms with Crippen molar-refractivity contribution in [1.29, 1.82) is 0 Å². The van der Waals surface area contributed by atoms with Crippen molar-refractivity contribution in [3.63, 3.8) is 0 Å². The first-order chi connectivity index (χ1) is 20.7. The molecule has 43 heavy (non-hydrogen) atoms. The summed E-state index contributed by atoms with van der Waals surface area (Å²) in [5.41, 5.74) is 5.28. The number of aryl methyl sites for hydroxylation is 1. The van der Waals surface area contributed by atoms with Crippen molar-refractivity contribution >= 4 is 57.1 Å². The Morgan fingerprint density at radius 1 is 1.00 bits per heavy atom. The van der Waals surface area contributed by atoms with Crippen LogP contribution in [0.5, 0.6) is 5.75 Å². The van der Waals surface area contributed by atoms with Gasteiger partial charge in [-0.3, -0.25) is 9.59 Å². The van der Waals surface area contributed by atoms with Crippen LogP contribution >= 0.6 is 11.3 Å². The smallest absolute Gasteiger partial charge is 0.343 e. The molecular weight excluding hydrogens is 566 g/mol. The summed E-state index contributed by atoms with van der Waals surface area (Å²) in [5.74, 6) is -2.37. The number of carbonyl (C=O) groups excluding carboxylic acids is 4. The van der Waals surface area contributed by atoms with Gasteiger partial charge < -0.3 is 14.8 Å². The monoisotopic (exact) mass is 597 g/mol. The van der Waals surface area contributed by atoms with E-state index in [2.05, 4.69) is 22.8 Å². The van der Waals surface area contributed by atoms with Gasteiger partial charge >= 0.3 is 23.8 Å². The van der Waals surface area contributed by atoms with Crippen LogP contribution in [0, 0.1) is 12.8 Å². The molecule has 1 atom stereocenters. The largest absolute Gasteiger partial charge is 0.462 e. The third-order valence-corrected chi connectivity index (χ3v) is 8.37. The predicted octanol–water partition coefficient (Wildman–Crippen LogP) is 5.82. The number of ether oxygens (including phenoxy) is 2. The van der Waals surface area contributed by atoms with Crippen LogP contribution in [0.25, 0.3) is 10.8 Å². The van der Waals surface area contributed by atoms with Crippen molar-refractivity contribution in [2.45, 2.75) is 40.0 Å². The molecule has 9 nitrogen and oxygen atoms in total. The lowest BCUT2D eigenvalue weighted by Gasteiger charge is -2.18. The number of thiophene rings is 1. The zero-order valence-electron chi connectivity index (χ0n) is 24.1. The van der Waals surface area contributed by atoms with E-state index in [-0.39, 0.29) is 12.4 Å². The zero-order chi connectivity index (χ0) is 30.5. The summed E-state index contributed by atoms with van der Waals surface area (Å²) < 4.78 is 10.9. The van der Waals surface area contributed by atoms with Crippen molar-refractivity contribution in [3.05, 3.63) is 93.4 Å². The molecule has 2 N–H and O–H groups in total. The molecule has 220 valence electrons. The number of amides is 2. The standard InChI is InChI=1S/C33H31N3O6S/c1-4-41-33(40)28-24-15-11-20(3)17-27(24)43-31(28)35-29(37)30(38)36-34-18-25-23-8-6-5-7-21(23)14-16-26(25)42-32(39)22-12-9-19(2)10-13-22/h5-10,12-14,16,18,20H,4,11,15,17H2,1-3H3,(H,35,37)(H,36,38)/b34-18-/t20-/m0/s1. The average molecular weight is 598 g/mol. The van der Waals surface area contributed by atoms with Gasteiger partial charge in [0.05, 0.1) is 23.9 Å². The van der Waals surface area contributed by atoms with Crippen molar-refractivity contribution in [1.82, 2.24) is 5.43 Å². The summed E-state index contributed by atoms with van der Waals surface area (Å²) in [7, 11) is 0. The lowest BCUT2D eigenvalue weighted by atomic mass is 9.88. The van der Waals surface area contributed by atoms with Crippen molar-refractivity contribution in [2.75, 3.05) is 11.9 Å². The lowest BCUT2D eigenvalue weighted by Crippen LogP contribution is -2.32. The molecule has 0 unspecified atom stereocenters. The highest BCUT2D eigenvalue weighted by Crippen LogP contribution is 2.40. The Hall–Kier alpha value is -4.83. The first-order valence-corrected chi connectivity index (χ1v) is 14.8. The minimum Gasteiger partial charge on any atom is -0.462 e. The van der Waals surface area contributed by atoms with Crippen molar-refractivity contribution in [3.8, 4) is 5.75 Å². The normalized spacial score (nSPS) is 14.3. The van der Waals surface area contributed by atoms with Crippen molar-refractivity contribution < 1.29 is 28.7 Å². The van der Waals surface area contributed by atoms with Crippen LogP contribution < -0.4 is 15.5 Å². The number of benzene rings is 3. The molecule has 0 fully saturated rings. The number of hydrogen-bond donors (Lipinski definition) is 2. The van der Waals surface area contributed by atoms with Gasteiger partial charge in [-0.05, 0) is 73.6 Å². The van der Waals surface area contributed by atoms with Gasteiger partial charge in [-0.25, -0.2) is 15.0 Å². The van der Waals surface area contributed by atoms with Crippen LogP contribution in [-0.4, -0.2) is 36.6 Å². The highest BCUT2D eigenvalue weighted by atomic mass is 32.1. The lowest BCUT2D eigenvalue weighted by molar-refractivity contribution is -0.136. The summed E-state index contributed by atoms with van der Waals surface area (Å²) in [6.07, 6.45) is 3.76. The van der Waals surface area contributed by atoms with Gasteiger partial charge in [-0.15, -0.1) is 11.3 Å². The summed E-state index contributed by atoms with van der Waals surface area (Å²) in [5, 5.41) is 8.48. The van der Waals surface area contributed by atoms with E-state index in [1.807, 2.05) is 49.4 Å². The molecule has 4 aromatic rings. The van der Waals surface area contributed by atoms with E-state index in [9.17, 15) is 19.2 Å². The number of fused-ring (bicyclic) bond motifs is 2. The van der Waals surface area contributed by atoms with Gasteiger partial charge in [0.1, 0.15) is 10.8 Å². The number of esters is 2. The van der Waals surface area contributed by atoms with E-state index in [0.29, 0.717) is 34.0 Å². The molecule has 10 heteroatoms. The fraction of sp³-hybridized carbons (Fsp3) is 0.242. The molecule has 5 rings (SSSR count). The molecule has 1 aliphatic carbocycles. The summed E-state index contributed by atoms with van der Waals surface area (Å²) in [6, 6.07) is 17.9. The Morgan fingerprint density at radius 3 is 2.53 bits per heavy atom. The van der Waals surface area contributed by atoms with E-state index in [1.165, 1.54) is 17.6 Å². The quantitative estimate of drug-likeness (QED) is 0.0910. The fourth-order valence-electron chi connectivity index (χ4n) is 4.97. The van der Waals surface area contributed by atoms with Gasteiger partial charge in [-0.1, -0.05) is 55.0 Å². The summed E-state index contributed by atoms with van der Waals surface area (Å²) >= 11 is 1.29. The van der Waals surface area contributed by atoms with Gasteiger partial charge in [0.15, 0.2) is 0 Å². The van der Waals surface area contributed by atoms with Crippen LogP contribution in [-0.2, 0) is 27.2 Å². The molecule has 0 spiro atoms. The number of hydrazone groups is 1. The third kappa shape index (κ3) is 6.65. The Bertz CT molecular complexity index is 1740. The van der Waals surface area contributed by atoms with E-state index < -0.39 is 23.8 Å². The Kier molecular flexibility index (Phi) is 8.96. The van der Waals surface area contributed by atoms with Crippen molar-refractivity contribution in [2.24, 2.45) is 11.0 Å². The molecule has 1 aromatic heterocycles. The average Bonchev–Trinajstić information content (AvgIpc) is 3.35. The number of anilines is 1. The second-order valence-electron chi connectivity index (χ2n) is 10.4. The van der Waals surface area contributed by atoms with Crippen LogP contribution in [0.1, 0.15) is 62.6 Å². The maximum absolute atomic E-state index is 12.9. The van der Waals surface area contributed by atoms with Crippen LogP contribution in [0.3, 0.4) is 0 Å². The van der Waals surface area contributed by atoms with Gasteiger partial charge in [0.2, 0.25) is 0 Å². The molecule has 1 aliphatic rings. The number of nitrogens with zero attached hydrogens (tertiary/aromatic N) is 1.